The summed E-state index contributed by atoms with van der Waals surface area (Å²) in [4.78, 5) is 22.7. The summed E-state index contributed by atoms with van der Waals surface area (Å²) >= 11 is 0. The Morgan fingerprint density at radius 3 is 2.25 bits per heavy atom. The van der Waals surface area contributed by atoms with Crippen molar-refractivity contribution in [3.05, 3.63) is 89.5 Å². The zero-order valence-electron chi connectivity index (χ0n) is 13.4. The number of carbonyl (C=O) groups excluding carboxylic acids is 1. The number of H-pyrrole nitrogens is 1. The second kappa shape index (κ2) is 6.32. The molecule has 3 aromatic rings. The molecule has 2 aromatic carbocycles. The summed E-state index contributed by atoms with van der Waals surface area (Å²) in [5.74, 6) is -0.121. The molecule has 0 atom stereocenters. The molecule has 2 heterocycles. The smallest absolute Gasteiger partial charge is 0.234 e. The van der Waals surface area contributed by atoms with Gasteiger partial charge in [-0.15, -0.1) is 0 Å². The van der Waals surface area contributed by atoms with E-state index in [1.165, 1.54) is 0 Å². The van der Waals surface area contributed by atoms with E-state index in [0.29, 0.717) is 13.1 Å². The summed E-state index contributed by atoms with van der Waals surface area (Å²) in [5.41, 5.74) is 4.19. The predicted molar refractivity (Wildman–Crippen MR) is 92.4 cm³/mol. The van der Waals surface area contributed by atoms with Crippen LogP contribution in [-0.2, 0) is 17.8 Å². The molecule has 0 saturated heterocycles. The number of nitrogens with one attached hydrogen (secondary N) is 1. The van der Waals surface area contributed by atoms with Crippen LogP contribution in [0.15, 0.2) is 67.0 Å². The van der Waals surface area contributed by atoms with Crippen molar-refractivity contribution in [1.82, 2.24) is 14.9 Å². The fourth-order valence-corrected chi connectivity index (χ4v) is 3.35. The fraction of sp³-hybridized carbons (Fsp3) is 0.200. The first-order chi connectivity index (χ1) is 11.8. The van der Waals surface area contributed by atoms with Gasteiger partial charge in [0.1, 0.15) is 0 Å². The van der Waals surface area contributed by atoms with Crippen LogP contribution >= 0.6 is 0 Å². The van der Waals surface area contributed by atoms with Gasteiger partial charge in [0.2, 0.25) is 5.91 Å². The van der Waals surface area contributed by atoms with Crippen molar-refractivity contribution in [2.75, 3.05) is 6.54 Å². The van der Waals surface area contributed by atoms with Gasteiger partial charge in [-0.05, 0) is 11.1 Å². The standard InChI is InChI=1S/C20H19N3O/c24-20(23-12-11-17-18(13-23)22-14-21-17)19(15-7-3-1-4-8-15)16-9-5-2-6-10-16/h1-10,14,19H,11-13H2,(H,21,22). The van der Waals surface area contributed by atoms with E-state index >= 15 is 0 Å². The van der Waals surface area contributed by atoms with E-state index in [-0.39, 0.29) is 11.8 Å². The number of hydrogen-bond acceptors (Lipinski definition) is 2. The molecule has 4 rings (SSSR count). The van der Waals surface area contributed by atoms with E-state index in [1.807, 2.05) is 65.6 Å². The van der Waals surface area contributed by atoms with Crippen LogP contribution < -0.4 is 0 Å². The highest BCUT2D eigenvalue weighted by Gasteiger charge is 2.30. The van der Waals surface area contributed by atoms with Crippen LogP contribution in [0.25, 0.3) is 0 Å². The molecular formula is C20H19N3O. The summed E-state index contributed by atoms with van der Waals surface area (Å²) in [6, 6.07) is 20.0. The number of rotatable bonds is 3. The lowest BCUT2D eigenvalue weighted by Gasteiger charge is -2.30. The molecule has 0 fully saturated rings. The fourth-order valence-electron chi connectivity index (χ4n) is 3.35. The number of nitrogens with zero attached hydrogens (tertiary/aromatic N) is 2. The quantitative estimate of drug-likeness (QED) is 0.807. The van der Waals surface area contributed by atoms with Crippen LogP contribution in [0.5, 0.6) is 0 Å². The lowest BCUT2D eigenvalue weighted by Crippen LogP contribution is -2.39. The lowest BCUT2D eigenvalue weighted by atomic mass is 9.89. The normalized spacial score (nSPS) is 13.8. The Kier molecular flexibility index (Phi) is 3.87. The Bertz CT molecular complexity index is 787. The molecule has 0 radical (unpaired) electrons. The van der Waals surface area contributed by atoms with Crippen molar-refractivity contribution in [2.24, 2.45) is 0 Å². The molecule has 0 bridgehead atoms. The largest absolute Gasteiger partial charge is 0.347 e. The maximum absolute atomic E-state index is 13.3. The Labute approximate surface area is 141 Å². The van der Waals surface area contributed by atoms with E-state index in [1.54, 1.807) is 6.33 Å². The molecule has 0 aliphatic carbocycles. The molecule has 24 heavy (non-hydrogen) atoms. The van der Waals surface area contributed by atoms with Crippen molar-refractivity contribution in [1.29, 1.82) is 0 Å². The van der Waals surface area contributed by atoms with Crippen molar-refractivity contribution >= 4 is 5.91 Å². The monoisotopic (exact) mass is 317 g/mol. The number of hydrogen-bond donors (Lipinski definition) is 1. The summed E-state index contributed by atoms with van der Waals surface area (Å²) in [6.45, 7) is 1.32. The molecule has 0 spiro atoms. The zero-order valence-corrected chi connectivity index (χ0v) is 13.4. The van der Waals surface area contributed by atoms with Crippen LogP contribution in [0.2, 0.25) is 0 Å². The second-order valence-corrected chi connectivity index (χ2v) is 6.09. The topological polar surface area (TPSA) is 49.0 Å². The Morgan fingerprint density at radius 1 is 1.00 bits per heavy atom. The summed E-state index contributed by atoms with van der Waals surface area (Å²) < 4.78 is 0. The Hall–Kier alpha value is -2.88. The third-order valence-electron chi connectivity index (χ3n) is 4.60. The molecule has 1 aromatic heterocycles. The predicted octanol–water partition coefficient (Wildman–Crippen LogP) is 3.13. The third kappa shape index (κ3) is 2.71. The third-order valence-corrected chi connectivity index (χ3v) is 4.60. The molecule has 1 aliphatic rings. The first kappa shape index (κ1) is 14.7. The minimum atomic E-state index is -0.267. The first-order valence-corrected chi connectivity index (χ1v) is 8.23. The number of amides is 1. The minimum absolute atomic E-state index is 0.146. The summed E-state index contributed by atoms with van der Waals surface area (Å²) in [6.07, 6.45) is 2.52. The first-order valence-electron chi connectivity index (χ1n) is 8.23. The van der Waals surface area contributed by atoms with Crippen LogP contribution in [0.4, 0.5) is 0 Å². The summed E-state index contributed by atoms with van der Waals surface area (Å²) in [5, 5.41) is 0. The highest BCUT2D eigenvalue weighted by Crippen LogP contribution is 2.28. The number of aromatic nitrogens is 2. The molecular weight excluding hydrogens is 298 g/mol. The van der Waals surface area contributed by atoms with Gasteiger partial charge in [-0.25, -0.2) is 4.98 Å². The Morgan fingerprint density at radius 2 is 1.62 bits per heavy atom. The van der Waals surface area contributed by atoms with E-state index in [0.717, 1.165) is 28.9 Å². The highest BCUT2D eigenvalue weighted by atomic mass is 16.2. The Balaban J connectivity index is 1.68. The molecule has 1 amide bonds. The molecule has 1 aliphatic heterocycles. The van der Waals surface area contributed by atoms with Gasteiger partial charge < -0.3 is 9.88 Å². The molecule has 4 nitrogen and oxygen atoms in total. The molecule has 120 valence electrons. The van der Waals surface area contributed by atoms with Gasteiger partial charge >= 0.3 is 0 Å². The van der Waals surface area contributed by atoms with Gasteiger partial charge in [0.15, 0.2) is 0 Å². The summed E-state index contributed by atoms with van der Waals surface area (Å²) in [7, 11) is 0. The number of carbonyl (C=O) groups is 1. The average Bonchev–Trinajstić information content (AvgIpc) is 3.11. The van der Waals surface area contributed by atoms with E-state index in [2.05, 4.69) is 9.97 Å². The van der Waals surface area contributed by atoms with Crippen LogP contribution in [0.1, 0.15) is 28.4 Å². The molecule has 0 saturated carbocycles. The van der Waals surface area contributed by atoms with Crippen LogP contribution in [0, 0.1) is 0 Å². The van der Waals surface area contributed by atoms with Gasteiger partial charge in [-0.3, -0.25) is 4.79 Å². The maximum Gasteiger partial charge on any atom is 0.234 e. The van der Waals surface area contributed by atoms with Gasteiger partial charge in [-0.1, -0.05) is 60.7 Å². The number of aromatic amines is 1. The van der Waals surface area contributed by atoms with E-state index in [9.17, 15) is 4.79 Å². The SMILES string of the molecule is O=C(C(c1ccccc1)c1ccccc1)N1CCc2nc[nH]c2C1. The van der Waals surface area contributed by atoms with Gasteiger partial charge in [0.05, 0.1) is 30.2 Å². The number of benzene rings is 2. The second-order valence-electron chi connectivity index (χ2n) is 6.09. The molecule has 1 N–H and O–H groups in total. The van der Waals surface area contributed by atoms with Crippen LogP contribution in [0.3, 0.4) is 0 Å². The van der Waals surface area contributed by atoms with Gasteiger partial charge in [0.25, 0.3) is 0 Å². The van der Waals surface area contributed by atoms with Crippen molar-refractivity contribution in [3.63, 3.8) is 0 Å². The zero-order chi connectivity index (χ0) is 16.4. The lowest BCUT2D eigenvalue weighted by molar-refractivity contribution is -0.132. The molecule has 4 heteroatoms. The van der Waals surface area contributed by atoms with Gasteiger partial charge in [-0.2, -0.15) is 0 Å². The van der Waals surface area contributed by atoms with Gasteiger partial charge in [0, 0.05) is 13.0 Å². The average molecular weight is 317 g/mol. The van der Waals surface area contributed by atoms with Crippen molar-refractivity contribution < 1.29 is 4.79 Å². The van der Waals surface area contributed by atoms with Crippen molar-refractivity contribution in [2.45, 2.75) is 18.9 Å². The van der Waals surface area contributed by atoms with Crippen molar-refractivity contribution in [3.8, 4) is 0 Å². The number of fused-ring (bicyclic) bond motifs is 1. The maximum atomic E-state index is 13.3. The van der Waals surface area contributed by atoms with E-state index in [4.69, 9.17) is 0 Å². The minimum Gasteiger partial charge on any atom is -0.347 e. The highest BCUT2D eigenvalue weighted by molar-refractivity contribution is 5.87. The number of imidazole rings is 1. The van der Waals surface area contributed by atoms with Crippen LogP contribution in [-0.4, -0.2) is 27.3 Å². The molecule has 0 unspecified atom stereocenters. The van der Waals surface area contributed by atoms with E-state index < -0.39 is 0 Å².